The number of imidazole rings is 1. The van der Waals surface area contributed by atoms with E-state index >= 15 is 0 Å². The van der Waals surface area contributed by atoms with E-state index in [9.17, 15) is 5.26 Å². The van der Waals surface area contributed by atoms with Gasteiger partial charge in [-0.05, 0) is 30.5 Å². The molecule has 0 aliphatic carbocycles. The van der Waals surface area contributed by atoms with Gasteiger partial charge < -0.3 is 9.88 Å². The fourth-order valence-corrected chi connectivity index (χ4v) is 2.93. The third kappa shape index (κ3) is 2.69. The van der Waals surface area contributed by atoms with E-state index in [0.717, 1.165) is 41.0 Å². The van der Waals surface area contributed by atoms with Gasteiger partial charge in [-0.3, -0.25) is 0 Å². The molecule has 0 unspecified atom stereocenters. The average Bonchev–Trinajstić information content (AvgIpc) is 2.95. The first-order valence-corrected chi connectivity index (χ1v) is 8.12. The summed E-state index contributed by atoms with van der Waals surface area (Å²) in [6.07, 6.45) is 1.54. The third-order valence-corrected chi connectivity index (χ3v) is 4.25. The molecule has 0 bridgehead atoms. The predicted octanol–water partition coefficient (Wildman–Crippen LogP) is 2.97. The lowest BCUT2D eigenvalue weighted by Gasteiger charge is -2.12. The van der Waals surface area contributed by atoms with Gasteiger partial charge in [0.05, 0.1) is 23.3 Å². The van der Waals surface area contributed by atoms with Crippen LogP contribution in [0.1, 0.15) is 36.5 Å². The van der Waals surface area contributed by atoms with Gasteiger partial charge in [0.15, 0.2) is 5.82 Å². The zero-order chi connectivity index (χ0) is 17.1. The zero-order valence-corrected chi connectivity index (χ0v) is 14.2. The number of aryl methyl sites for hydroxylation is 2. The van der Waals surface area contributed by atoms with Crippen LogP contribution in [0, 0.1) is 11.3 Å². The van der Waals surface area contributed by atoms with E-state index in [1.54, 1.807) is 0 Å². The van der Waals surface area contributed by atoms with Gasteiger partial charge in [0.2, 0.25) is 0 Å². The van der Waals surface area contributed by atoms with Gasteiger partial charge in [-0.15, -0.1) is 5.10 Å². The molecule has 2 aromatic heterocycles. The second-order valence-corrected chi connectivity index (χ2v) is 5.60. The van der Waals surface area contributed by atoms with Crippen molar-refractivity contribution >= 4 is 16.9 Å². The van der Waals surface area contributed by atoms with Crippen molar-refractivity contribution in [2.45, 2.75) is 33.2 Å². The molecule has 0 aliphatic heterocycles. The molecule has 0 spiro atoms. The first kappa shape index (κ1) is 15.9. The highest BCUT2D eigenvalue weighted by molar-refractivity contribution is 5.75. The molecule has 0 fully saturated rings. The fourth-order valence-electron chi connectivity index (χ4n) is 2.93. The highest BCUT2D eigenvalue weighted by atomic mass is 15.2. The highest BCUT2D eigenvalue weighted by Crippen LogP contribution is 2.21. The van der Waals surface area contributed by atoms with Crippen molar-refractivity contribution in [3.05, 3.63) is 46.9 Å². The molecule has 0 aliphatic rings. The standard InChI is InChI=1S/C18H20N6/c1-4-12-13(10-19)18(23-22-14(12)5-2)20-11-17-21-15-8-6-7-9-16(15)24(17)3/h6-9H,4-5,11H2,1-3H3,(H,20,23). The molecule has 0 saturated carbocycles. The molecule has 6 heteroatoms. The van der Waals surface area contributed by atoms with Crippen molar-refractivity contribution in [1.29, 1.82) is 5.26 Å². The Hall–Kier alpha value is -2.94. The van der Waals surface area contributed by atoms with Crippen LogP contribution < -0.4 is 5.32 Å². The van der Waals surface area contributed by atoms with Crippen LogP contribution in [0.25, 0.3) is 11.0 Å². The Labute approximate surface area is 141 Å². The molecule has 24 heavy (non-hydrogen) atoms. The molecule has 2 heterocycles. The number of anilines is 1. The first-order chi connectivity index (χ1) is 11.7. The van der Waals surface area contributed by atoms with E-state index in [1.165, 1.54) is 0 Å². The van der Waals surface area contributed by atoms with Gasteiger partial charge in [0.1, 0.15) is 17.5 Å². The lowest BCUT2D eigenvalue weighted by Crippen LogP contribution is -2.12. The van der Waals surface area contributed by atoms with E-state index in [-0.39, 0.29) is 0 Å². The minimum atomic E-state index is 0.489. The number of hydrogen-bond acceptors (Lipinski definition) is 5. The number of rotatable bonds is 5. The van der Waals surface area contributed by atoms with Crippen LogP contribution >= 0.6 is 0 Å². The van der Waals surface area contributed by atoms with E-state index < -0.39 is 0 Å². The summed E-state index contributed by atoms with van der Waals surface area (Å²) in [5, 5.41) is 21.2. The molecule has 122 valence electrons. The van der Waals surface area contributed by atoms with Gasteiger partial charge in [0, 0.05) is 7.05 Å². The normalized spacial score (nSPS) is 10.8. The maximum atomic E-state index is 9.54. The fraction of sp³-hybridized carbons (Fsp3) is 0.333. The van der Waals surface area contributed by atoms with Crippen LogP contribution in [-0.2, 0) is 26.4 Å². The second kappa shape index (κ2) is 6.67. The molecule has 6 nitrogen and oxygen atoms in total. The van der Waals surface area contributed by atoms with E-state index in [0.29, 0.717) is 17.9 Å². The summed E-state index contributed by atoms with van der Waals surface area (Å²) in [6, 6.07) is 10.3. The SMILES string of the molecule is CCc1nnc(NCc2nc3ccccc3n2C)c(C#N)c1CC. The van der Waals surface area contributed by atoms with E-state index in [2.05, 4.69) is 26.6 Å². The molecular formula is C18H20N6. The molecule has 0 saturated heterocycles. The summed E-state index contributed by atoms with van der Waals surface area (Å²) < 4.78 is 2.04. The minimum absolute atomic E-state index is 0.489. The van der Waals surface area contributed by atoms with Crippen molar-refractivity contribution < 1.29 is 0 Å². The van der Waals surface area contributed by atoms with Crippen LogP contribution in [-0.4, -0.2) is 19.7 Å². The Bertz CT molecular complexity index is 919. The number of hydrogen-bond donors (Lipinski definition) is 1. The number of para-hydroxylation sites is 2. The Morgan fingerprint density at radius 3 is 2.62 bits per heavy atom. The third-order valence-electron chi connectivity index (χ3n) is 4.25. The van der Waals surface area contributed by atoms with Crippen LogP contribution in [0.2, 0.25) is 0 Å². The van der Waals surface area contributed by atoms with Crippen LogP contribution in [0.4, 0.5) is 5.82 Å². The van der Waals surface area contributed by atoms with Gasteiger partial charge in [-0.2, -0.15) is 10.4 Å². The molecule has 3 aromatic rings. The number of nitrogens with zero attached hydrogens (tertiary/aromatic N) is 5. The van der Waals surface area contributed by atoms with E-state index in [4.69, 9.17) is 0 Å². The summed E-state index contributed by atoms with van der Waals surface area (Å²) in [7, 11) is 1.99. The molecule has 1 aromatic carbocycles. The van der Waals surface area contributed by atoms with Gasteiger partial charge in [-0.25, -0.2) is 4.98 Å². The Kier molecular flexibility index (Phi) is 4.43. The van der Waals surface area contributed by atoms with Crippen LogP contribution in [0.15, 0.2) is 24.3 Å². The Morgan fingerprint density at radius 2 is 1.96 bits per heavy atom. The zero-order valence-electron chi connectivity index (χ0n) is 14.2. The van der Waals surface area contributed by atoms with Gasteiger partial charge in [0.25, 0.3) is 0 Å². The number of fused-ring (bicyclic) bond motifs is 1. The number of aromatic nitrogens is 4. The highest BCUT2D eigenvalue weighted by Gasteiger charge is 2.15. The number of nitriles is 1. The monoisotopic (exact) mass is 320 g/mol. The Balaban J connectivity index is 1.91. The van der Waals surface area contributed by atoms with Crippen LogP contribution in [0.3, 0.4) is 0 Å². The second-order valence-electron chi connectivity index (χ2n) is 5.60. The quantitative estimate of drug-likeness (QED) is 0.782. The van der Waals surface area contributed by atoms with Crippen molar-refractivity contribution in [3.8, 4) is 6.07 Å². The Morgan fingerprint density at radius 1 is 1.17 bits per heavy atom. The maximum absolute atomic E-state index is 9.54. The predicted molar refractivity (Wildman–Crippen MR) is 93.5 cm³/mol. The van der Waals surface area contributed by atoms with Crippen molar-refractivity contribution in [2.75, 3.05) is 5.32 Å². The lowest BCUT2D eigenvalue weighted by atomic mass is 10.0. The summed E-state index contributed by atoms with van der Waals surface area (Å²) in [5.74, 6) is 1.41. The van der Waals surface area contributed by atoms with Crippen molar-refractivity contribution in [1.82, 2.24) is 19.7 Å². The van der Waals surface area contributed by atoms with Gasteiger partial charge >= 0.3 is 0 Å². The molecule has 3 rings (SSSR count). The summed E-state index contributed by atoms with van der Waals surface area (Å²) in [5.41, 5.74) is 4.49. The molecule has 0 atom stereocenters. The molecule has 0 amide bonds. The topological polar surface area (TPSA) is 79.4 Å². The van der Waals surface area contributed by atoms with Crippen LogP contribution in [0.5, 0.6) is 0 Å². The minimum Gasteiger partial charge on any atom is -0.360 e. The van der Waals surface area contributed by atoms with Crippen molar-refractivity contribution in [2.24, 2.45) is 7.05 Å². The van der Waals surface area contributed by atoms with Gasteiger partial charge in [-0.1, -0.05) is 26.0 Å². The number of nitrogens with one attached hydrogen (secondary N) is 1. The maximum Gasteiger partial charge on any atom is 0.167 e. The largest absolute Gasteiger partial charge is 0.360 e. The number of benzene rings is 1. The molecule has 1 N–H and O–H groups in total. The smallest absolute Gasteiger partial charge is 0.167 e. The lowest BCUT2D eigenvalue weighted by molar-refractivity contribution is 0.820. The van der Waals surface area contributed by atoms with Crippen molar-refractivity contribution in [3.63, 3.8) is 0 Å². The summed E-state index contributed by atoms with van der Waals surface area (Å²) >= 11 is 0. The first-order valence-electron chi connectivity index (χ1n) is 8.12. The average molecular weight is 320 g/mol. The summed E-state index contributed by atoms with van der Waals surface area (Å²) in [4.78, 5) is 4.63. The molecular weight excluding hydrogens is 300 g/mol. The van der Waals surface area contributed by atoms with E-state index in [1.807, 2.05) is 49.7 Å². The summed E-state index contributed by atoms with van der Waals surface area (Å²) in [6.45, 7) is 4.55. The molecule has 0 radical (unpaired) electrons.